The van der Waals surface area contributed by atoms with E-state index in [9.17, 15) is 42.3 Å². The zero-order chi connectivity index (χ0) is 74.8. The van der Waals surface area contributed by atoms with Crippen molar-refractivity contribution in [1.82, 2.24) is 69.4 Å². The second kappa shape index (κ2) is 31.0. The van der Waals surface area contributed by atoms with Crippen LogP contribution in [0.5, 0.6) is 0 Å². The number of nitrogen functional groups attached to an aromatic ring is 1. The number of nitrogens with two attached hydrogens (primary N) is 1. The quantitative estimate of drug-likeness (QED) is 0.0406. The molecule has 14 heterocycles. The van der Waals surface area contributed by atoms with Crippen molar-refractivity contribution in [3.05, 3.63) is 203 Å². The number of aromatic nitrogens is 8. The van der Waals surface area contributed by atoms with Crippen LogP contribution in [-0.4, -0.2) is 198 Å². The Balaban J connectivity index is 0.000000140. The van der Waals surface area contributed by atoms with Gasteiger partial charge in [-0.05, 0) is 158 Å². The van der Waals surface area contributed by atoms with E-state index in [1.54, 1.807) is 47.4 Å². The Hall–Kier alpha value is -12.1. The van der Waals surface area contributed by atoms with Gasteiger partial charge in [-0.1, -0.05) is 48.5 Å². The molecule has 558 valence electrons. The van der Waals surface area contributed by atoms with Crippen molar-refractivity contribution in [2.24, 2.45) is 0 Å². The third-order valence-corrected chi connectivity index (χ3v) is 21.8. The number of halogens is 2. The molecule has 6 amide bonds. The molecule has 6 fully saturated rings. The highest BCUT2D eigenvalue weighted by atomic mass is 19.1. The van der Waals surface area contributed by atoms with Gasteiger partial charge in [0.15, 0.2) is 11.3 Å². The van der Waals surface area contributed by atoms with E-state index in [2.05, 4.69) is 55.3 Å². The molecule has 10 aromatic rings. The normalized spacial score (nSPS) is 20.3. The molecule has 8 aliphatic rings. The van der Waals surface area contributed by atoms with Crippen LogP contribution in [0.3, 0.4) is 0 Å². The molecule has 5 N–H and O–H groups in total. The molecule has 6 aromatic heterocycles. The highest BCUT2D eigenvalue weighted by Crippen LogP contribution is 2.39. The number of nitrogens with one attached hydrogen (secondary N) is 3. The number of carbonyl (C=O) groups is 7. The minimum absolute atomic E-state index is 0.0677. The molecule has 0 spiro atoms. The van der Waals surface area contributed by atoms with Crippen molar-refractivity contribution in [2.45, 2.75) is 88.6 Å². The number of piperazine rings is 2. The van der Waals surface area contributed by atoms with Crippen molar-refractivity contribution in [3.8, 4) is 22.8 Å². The highest BCUT2D eigenvalue weighted by Gasteiger charge is 2.41. The Morgan fingerprint density at radius 2 is 0.972 bits per heavy atom. The molecule has 4 atom stereocenters. The molecule has 0 bridgehead atoms. The number of anilines is 6. The second-order valence-corrected chi connectivity index (χ2v) is 28.6. The smallest absolute Gasteiger partial charge is 0.255 e. The maximum Gasteiger partial charge on any atom is 0.255 e. The van der Waals surface area contributed by atoms with Gasteiger partial charge in [0.25, 0.3) is 11.8 Å². The molecule has 0 aliphatic carbocycles. The van der Waals surface area contributed by atoms with Gasteiger partial charge in [-0.15, -0.1) is 10.2 Å². The molecular weight excluding hydrogens is 1390 g/mol. The number of hydrogen-bond acceptors (Lipinski definition) is 21. The lowest BCUT2D eigenvalue weighted by atomic mass is 10.0. The molecule has 2 unspecified atom stereocenters. The second-order valence-electron chi connectivity index (χ2n) is 28.6. The van der Waals surface area contributed by atoms with Crippen LogP contribution < -0.4 is 41.3 Å². The van der Waals surface area contributed by atoms with Gasteiger partial charge >= 0.3 is 0 Å². The summed E-state index contributed by atoms with van der Waals surface area (Å²) in [5.41, 5.74) is 16.7. The summed E-state index contributed by atoms with van der Waals surface area (Å²) in [5.74, 6) is 1.33. The topological polar surface area (TPSA) is 294 Å². The summed E-state index contributed by atoms with van der Waals surface area (Å²) >= 11 is 0. The largest absolute Gasteiger partial charge is 0.399 e. The fourth-order valence-corrected chi connectivity index (χ4v) is 16.1. The summed E-state index contributed by atoms with van der Waals surface area (Å²) < 4.78 is 31.7. The number of piperidine rings is 2. The lowest BCUT2D eigenvalue weighted by Crippen LogP contribution is -2.52. The van der Waals surface area contributed by atoms with Crippen molar-refractivity contribution in [3.63, 3.8) is 0 Å². The maximum atomic E-state index is 14.1. The van der Waals surface area contributed by atoms with Gasteiger partial charge < -0.3 is 45.2 Å². The molecule has 8 aliphatic heterocycles. The zero-order valence-corrected chi connectivity index (χ0v) is 60.0. The van der Waals surface area contributed by atoms with E-state index < -0.39 is 23.9 Å². The van der Waals surface area contributed by atoms with Gasteiger partial charge in [0.2, 0.25) is 23.6 Å². The van der Waals surface area contributed by atoms with Crippen LogP contribution >= 0.6 is 0 Å². The Morgan fingerprint density at radius 1 is 0.486 bits per heavy atom. The molecule has 0 saturated carbocycles. The standard InChI is InChI=1S/C40H41FN10O3.C27H28FN7O.C13H13N3O3/c41-28-5-1-4-26(22-28)32-7-3-16-49(32)37-13-12-35-43-24-34(51(35)46-37)31-6-2-8-36(44-31)48-20-18-47(19-21-48)17-15-42-29-10-9-27-25-50(40(54)30(27)23-29)33-11-14-38(52)45-39(33)53;28-21-5-1-4-20(18-21)23-7-3-11-34(23)27-10-9-25-29-19-24(35(25)31-27)22-6-2-8-26(30-22)33-14-12-32(13-15-33)16-17-36;14-8-2-1-7-6-16(13(19)9(7)5-8)10-3-4-11(17)15-12(10)18/h1-2,4-6,8-10,12-13,22-24,32-33,42H,3,7,11,14-21,25H2,(H,45,52,53);1-2,4-6,8-10,17-19,23H,3,7,11-16H2;1-2,5,10H,3-4,6,14H2,(H,15,17,18)/t32-,33?;23-;/m11./s1. The number of fused-ring (bicyclic) bond motifs is 4. The molecule has 0 radical (unpaired) electrons. The fourth-order valence-electron chi connectivity index (χ4n) is 16.1. The van der Waals surface area contributed by atoms with Gasteiger partial charge in [-0.2, -0.15) is 0 Å². The van der Waals surface area contributed by atoms with Crippen LogP contribution in [0.1, 0.15) is 106 Å². The first-order chi connectivity index (χ1) is 53.1. The molecule has 109 heavy (non-hydrogen) atoms. The zero-order valence-electron chi connectivity index (χ0n) is 60.0. The molecule has 6 saturated heterocycles. The van der Waals surface area contributed by atoms with Gasteiger partial charge in [-0.3, -0.25) is 49.2 Å². The van der Waals surface area contributed by atoms with Gasteiger partial charge in [0.1, 0.15) is 64.7 Å². The van der Waals surface area contributed by atoms with E-state index in [-0.39, 0.29) is 60.2 Å². The van der Waals surface area contributed by atoms with Crippen molar-refractivity contribution in [2.75, 3.05) is 116 Å². The summed E-state index contributed by atoms with van der Waals surface area (Å²) in [6.45, 7) is 11.3. The fraction of sp³-hybridized carbons (Fsp3) is 0.338. The molecule has 27 nitrogen and oxygen atoms in total. The van der Waals surface area contributed by atoms with Crippen LogP contribution in [-0.2, 0) is 37.1 Å². The van der Waals surface area contributed by atoms with Crippen molar-refractivity contribution < 1.29 is 42.3 Å². The first-order valence-corrected chi connectivity index (χ1v) is 37.2. The lowest BCUT2D eigenvalue weighted by molar-refractivity contribution is -0.138. The summed E-state index contributed by atoms with van der Waals surface area (Å²) in [6.07, 6.45) is 9.77. The molecule has 4 aromatic carbocycles. The van der Waals surface area contributed by atoms with Crippen LogP contribution in [0.4, 0.5) is 43.4 Å². The van der Waals surface area contributed by atoms with Crippen molar-refractivity contribution >= 4 is 87.7 Å². The first-order valence-electron chi connectivity index (χ1n) is 37.2. The monoisotopic (exact) mass is 1470 g/mol. The number of imidazole rings is 2. The van der Waals surface area contributed by atoms with Crippen LogP contribution in [0.15, 0.2) is 158 Å². The van der Waals surface area contributed by atoms with Gasteiger partial charge in [0.05, 0.1) is 42.4 Å². The lowest BCUT2D eigenvalue weighted by Gasteiger charge is -2.35. The number of amides is 6. The van der Waals surface area contributed by atoms with E-state index in [0.717, 1.165) is 196 Å². The number of aldehydes is 1. The third kappa shape index (κ3) is 15.1. The van der Waals surface area contributed by atoms with E-state index in [4.69, 9.17) is 25.9 Å². The number of hydrogen-bond donors (Lipinski definition) is 4. The number of carbonyl (C=O) groups excluding carboxylic acids is 7. The van der Waals surface area contributed by atoms with Crippen LogP contribution in [0, 0.1) is 11.6 Å². The number of nitrogens with zero attached hydrogens (tertiary/aromatic N) is 16. The van der Waals surface area contributed by atoms with E-state index >= 15 is 0 Å². The number of benzene rings is 4. The molecule has 29 heteroatoms. The first kappa shape index (κ1) is 71.2. The van der Waals surface area contributed by atoms with E-state index in [1.165, 1.54) is 17.0 Å². The van der Waals surface area contributed by atoms with Crippen LogP contribution in [0.2, 0.25) is 0 Å². The Morgan fingerprint density at radius 3 is 1.47 bits per heavy atom. The van der Waals surface area contributed by atoms with E-state index in [1.807, 2.05) is 112 Å². The van der Waals surface area contributed by atoms with Crippen LogP contribution in [0.25, 0.3) is 34.1 Å². The molecule has 18 rings (SSSR count). The number of rotatable bonds is 16. The Labute approximate surface area is 626 Å². The SMILES string of the molecule is Nc1ccc2c(c1)C(=O)N(C1CCC(=O)NC1=O)C2.O=C1CCC(N2Cc3ccc(NCCN4CCN(c5cccc(-c6cnc7ccc(N8CCC[C@@H]8c8cccc(F)c8)nn67)n5)CC4)cc3C2=O)C(=O)N1.O=CCN1CCN(c2cccc(-c3cnc4ccc(N5CCC[C@@H]5c5cccc(F)c5)nn34)n2)CC1. The Kier molecular flexibility index (Phi) is 20.2. The predicted molar refractivity (Wildman–Crippen MR) is 405 cm³/mol. The summed E-state index contributed by atoms with van der Waals surface area (Å²) in [7, 11) is 0. The minimum Gasteiger partial charge on any atom is -0.399 e. The molecular formula is C80H82F2N20O7. The summed E-state index contributed by atoms with van der Waals surface area (Å²) in [6, 6.07) is 43.7. The van der Waals surface area contributed by atoms with E-state index in [0.29, 0.717) is 49.3 Å². The van der Waals surface area contributed by atoms with Gasteiger partial charge in [0, 0.05) is 127 Å². The predicted octanol–water partition coefficient (Wildman–Crippen LogP) is 7.89. The minimum atomic E-state index is -0.616. The summed E-state index contributed by atoms with van der Waals surface area (Å²) in [4.78, 5) is 119. The third-order valence-electron chi connectivity index (χ3n) is 21.8. The van der Waals surface area contributed by atoms with Gasteiger partial charge in [-0.25, -0.2) is 37.7 Å². The number of pyridine rings is 2. The van der Waals surface area contributed by atoms with Crippen molar-refractivity contribution in [1.29, 1.82) is 0 Å². The average molecular weight is 1470 g/mol. The number of imide groups is 2. The Bertz CT molecular complexity index is 5160. The highest BCUT2D eigenvalue weighted by molar-refractivity contribution is 6.07. The average Bonchev–Trinajstić information content (AvgIpc) is 1.67. The summed E-state index contributed by atoms with van der Waals surface area (Å²) in [5, 5.41) is 18.1. The maximum absolute atomic E-state index is 14.1.